The lowest BCUT2D eigenvalue weighted by Gasteiger charge is -2.40. The van der Waals surface area contributed by atoms with Crippen LogP contribution in [0.5, 0.6) is 0 Å². The molecule has 4 nitrogen and oxygen atoms in total. The second-order valence-electron chi connectivity index (χ2n) is 5.75. The van der Waals surface area contributed by atoms with Crippen molar-refractivity contribution in [3.05, 3.63) is 29.8 Å². The molecule has 20 heavy (non-hydrogen) atoms. The van der Waals surface area contributed by atoms with Crippen molar-refractivity contribution >= 4 is 11.6 Å². The number of benzene rings is 1. The minimum atomic E-state index is -0.180. The Morgan fingerprint density at radius 3 is 2.75 bits per heavy atom. The molecule has 0 radical (unpaired) electrons. The highest BCUT2D eigenvalue weighted by Gasteiger charge is 2.30. The van der Waals surface area contributed by atoms with Gasteiger partial charge in [0.25, 0.3) is 0 Å². The zero-order valence-corrected chi connectivity index (χ0v) is 12.6. The van der Waals surface area contributed by atoms with Gasteiger partial charge in [-0.1, -0.05) is 18.2 Å². The number of carbonyl (C=O) groups is 1. The largest absolute Gasteiger partial charge is 0.369 e. The van der Waals surface area contributed by atoms with Gasteiger partial charge in [0.15, 0.2) is 0 Å². The van der Waals surface area contributed by atoms with Crippen molar-refractivity contribution in [1.82, 2.24) is 5.32 Å². The summed E-state index contributed by atoms with van der Waals surface area (Å²) in [5.74, 6) is -0.217. The number of anilines is 1. The van der Waals surface area contributed by atoms with Gasteiger partial charge in [0.2, 0.25) is 5.91 Å². The van der Waals surface area contributed by atoms with Crippen molar-refractivity contribution in [3.8, 4) is 0 Å². The van der Waals surface area contributed by atoms with E-state index >= 15 is 0 Å². The molecule has 1 aliphatic rings. The second-order valence-corrected chi connectivity index (χ2v) is 5.75. The summed E-state index contributed by atoms with van der Waals surface area (Å²) in [5.41, 5.74) is 7.98. The Bertz CT molecular complexity index is 475. The van der Waals surface area contributed by atoms with Crippen LogP contribution in [0.3, 0.4) is 0 Å². The van der Waals surface area contributed by atoms with Gasteiger partial charge in [-0.05, 0) is 45.4 Å². The van der Waals surface area contributed by atoms with E-state index in [9.17, 15) is 4.79 Å². The average molecular weight is 275 g/mol. The number of nitrogens with one attached hydrogen (secondary N) is 1. The third-order valence-electron chi connectivity index (χ3n) is 4.43. The predicted octanol–water partition coefficient (Wildman–Crippen LogP) is 2.06. The van der Waals surface area contributed by atoms with Gasteiger partial charge in [-0.15, -0.1) is 0 Å². The van der Waals surface area contributed by atoms with Gasteiger partial charge in [-0.25, -0.2) is 0 Å². The fourth-order valence-electron chi connectivity index (χ4n) is 2.95. The predicted molar refractivity (Wildman–Crippen MR) is 82.6 cm³/mol. The fourth-order valence-corrected chi connectivity index (χ4v) is 2.95. The fraction of sp³-hybridized carbons (Fsp3) is 0.562. The topological polar surface area (TPSA) is 58.4 Å². The molecule has 0 aromatic heterocycles. The highest BCUT2D eigenvalue weighted by molar-refractivity contribution is 5.78. The van der Waals surface area contributed by atoms with Gasteiger partial charge < -0.3 is 16.0 Å². The quantitative estimate of drug-likeness (QED) is 0.884. The van der Waals surface area contributed by atoms with E-state index in [0.29, 0.717) is 6.04 Å². The molecule has 0 saturated carbocycles. The number of piperidine rings is 1. The molecule has 1 heterocycles. The summed E-state index contributed by atoms with van der Waals surface area (Å²) in [5, 5.41) is 3.29. The van der Waals surface area contributed by atoms with Crippen LogP contribution in [0.15, 0.2) is 24.3 Å². The summed E-state index contributed by atoms with van der Waals surface area (Å²) in [4.78, 5) is 13.8. The average Bonchev–Trinajstić information content (AvgIpc) is 2.46. The van der Waals surface area contributed by atoms with E-state index in [1.807, 2.05) is 7.05 Å². The Balaban J connectivity index is 2.31. The lowest BCUT2D eigenvalue weighted by Crippen LogP contribution is -2.46. The first-order chi connectivity index (χ1) is 9.54. The van der Waals surface area contributed by atoms with E-state index in [4.69, 9.17) is 5.73 Å². The van der Waals surface area contributed by atoms with E-state index in [0.717, 1.165) is 19.4 Å². The Labute approximate surface area is 121 Å². The first-order valence-electron chi connectivity index (χ1n) is 7.36. The van der Waals surface area contributed by atoms with Crippen LogP contribution in [-0.4, -0.2) is 25.5 Å². The van der Waals surface area contributed by atoms with Crippen molar-refractivity contribution in [2.24, 2.45) is 11.7 Å². The number of carbonyl (C=O) groups excluding carboxylic acids is 1. The summed E-state index contributed by atoms with van der Waals surface area (Å²) < 4.78 is 0. The SMILES string of the molecule is CNC(C)c1ccccc1N1CC(C(N)=O)CCC1C. The number of para-hydroxylation sites is 1. The smallest absolute Gasteiger partial charge is 0.222 e. The molecule has 2 rings (SSSR count). The second kappa shape index (κ2) is 6.27. The third kappa shape index (κ3) is 2.96. The highest BCUT2D eigenvalue weighted by Crippen LogP contribution is 2.32. The molecule has 1 aliphatic heterocycles. The maximum absolute atomic E-state index is 11.5. The lowest BCUT2D eigenvalue weighted by atomic mass is 9.91. The van der Waals surface area contributed by atoms with Crippen LogP contribution in [0.25, 0.3) is 0 Å². The summed E-state index contributed by atoms with van der Waals surface area (Å²) in [6.45, 7) is 5.10. The van der Waals surface area contributed by atoms with E-state index in [1.165, 1.54) is 11.3 Å². The highest BCUT2D eigenvalue weighted by atomic mass is 16.1. The first-order valence-corrected chi connectivity index (χ1v) is 7.36. The summed E-state index contributed by atoms with van der Waals surface area (Å²) in [6.07, 6.45) is 1.91. The standard InChI is InChI=1S/C16H25N3O/c1-11-8-9-13(16(17)20)10-19(11)15-7-5-4-6-14(15)12(2)18-3/h4-7,11-13,18H,8-10H2,1-3H3,(H2,17,20). The number of nitrogens with zero attached hydrogens (tertiary/aromatic N) is 1. The molecular weight excluding hydrogens is 250 g/mol. The lowest BCUT2D eigenvalue weighted by molar-refractivity contribution is -0.122. The molecule has 3 N–H and O–H groups in total. The van der Waals surface area contributed by atoms with Gasteiger partial charge in [-0.2, -0.15) is 0 Å². The number of nitrogens with two attached hydrogens (primary N) is 1. The molecule has 4 heteroatoms. The van der Waals surface area contributed by atoms with E-state index in [2.05, 4.69) is 48.3 Å². The molecule has 0 aliphatic carbocycles. The van der Waals surface area contributed by atoms with E-state index < -0.39 is 0 Å². The molecule has 1 fully saturated rings. The maximum atomic E-state index is 11.5. The van der Waals surface area contributed by atoms with Crippen LogP contribution in [0, 0.1) is 5.92 Å². The molecule has 1 aromatic carbocycles. The third-order valence-corrected chi connectivity index (χ3v) is 4.43. The van der Waals surface area contributed by atoms with Gasteiger partial charge in [0.05, 0.1) is 5.92 Å². The Morgan fingerprint density at radius 2 is 2.10 bits per heavy atom. The molecule has 110 valence electrons. The Hall–Kier alpha value is -1.55. The van der Waals surface area contributed by atoms with Crippen LogP contribution in [0.2, 0.25) is 0 Å². The van der Waals surface area contributed by atoms with E-state index in [-0.39, 0.29) is 17.9 Å². The minimum absolute atomic E-state index is 0.0378. The monoisotopic (exact) mass is 275 g/mol. The normalized spacial score (nSPS) is 24.4. The van der Waals surface area contributed by atoms with Crippen molar-refractivity contribution in [3.63, 3.8) is 0 Å². The van der Waals surface area contributed by atoms with Gasteiger partial charge in [0.1, 0.15) is 0 Å². The Kier molecular flexibility index (Phi) is 4.65. The molecule has 1 saturated heterocycles. The van der Waals surface area contributed by atoms with Crippen LogP contribution in [-0.2, 0) is 4.79 Å². The molecular formula is C16H25N3O. The van der Waals surface area contributed by atoms with Crippen molar-refractivity contribution in [1.29, 1.82) is 0 Å². The number of hydrogen-bond acceptors (Lipinski definition) is 3. The molecule has 1 amide bonds. The molecule has 0 bridgehead atoms. The summed E-state index contributed by atoms with van der Waals surface area (Å²) >= 11 is 0. The van der Waals surface area contributed by atoms with Crippen LogP contribution < -0.4 is 16.0 Å². The molecule has 1 aromatic rings. The summed E-state index contributed by atoms with van der Waals surface area (Å²) in [6, 6.07) is 9.14. The van der Waals surface area contributed by atoms with Crippen LogP contribution in [0.1, 0.15) is 38.3 Å². The van der Waals surface area contributed by atoms with Crippen LogP contribution >= 0.6 is 0 Å². The zero-order chi connectivity index (χ0) is 14.7. The van der Waals surface area contributed by atoms with Gasteiger partial charge in [-0.3, -0.25) is 4.79 Å². The number of amides is 1. The molecule has 3 atom stereocenters. The van der Waals surface area contributed by atoms with E-state index in [1.54, 1.807) is 0 Å². The van der Waals surface area contributed by atoms with Crippen molar-refractivity contribution < 1.29 is 4.79 Å². The first kappa shape index (κ1) is 14.9. The minimum Gasteiger partial charge on any atom is -0.369 e. The van der Waals surface area contributed by atoms with Gasteiger partial charge in [0, 0.05) is 24.3 Å². The Morgan fingerprint density at radius 1 is 1.40 bits per heavy atom. The number of primary amides is 1. The number of hydrogen-bond donors (Lipinski definition) is 2. The summed E-state index contributed by atoms with van der Waals surface area (Å²) in [7, 11) is 1.97. The maximum Gasteiger partial charge on any atom is 0.222 e. The van der Waals surface area contributed by atoms with Crippen molar-refractivity contribution in [2.75, 3.05) is 18.5 Å². The molecule has 3 unspecified atom stereocenters. The van der Waals surface area contributed by atoms with Gasteiger partial charge >= 0.3 is 0 Å². The number of rotatable bonds is 4. The van der Waals surface area contributed by atoms with Crippen LogP contribution in [0.4, 0.5) is 5.69 Å². The zero-order valence-electron chi connectivity index (χ0n) is 12.6. The molecule has 0 spiro atoms. The van der Waals surface area contributed by atoms with Crippen molar-refractivity contribution in [2.45, 2.75) is 38.8 Å².